The molecule has 2 N–H and O–H groups in total. The van der Waals surface area contributed by atoms with Crippen LogP contribution in [0.4, 0.5) is 5.82 Å². The Hall–Kier alpha value is -2.57. The number of thioether (sulfide) groups is 1. The quantitative estimate of drug-likeness (QED) is 0.464. The Kier molecular flexibility index (Phi) is 5.48. The number of fused-ring (bicyclic) bond motifs is 1. The Morgan fingerprint density at radius 1 is 1.17 bits per heavy atom. The van der Waals surface area contributed by atoms with Crippen molar-refractivity contribution in [2.24, 2.45) is 0 Å². The SMILES string of the molecule is Cc1ccc([C@H]2CC(=O)Nc3nc(SCc4cccc(Cl)c4)[nH]c(=O)c32)c(C)c1. The monoisotopic (exact) mass is 425 g/mol. The molecule has 148 valence electrons. The first-order chi connectivity index (χ1) is 13.9. The number of carbonyl (C=O) groups excluding carboxylic acids is 1. The average molecular weight is 426 g/mol. The summed E-state index contributed by atoms with van der Waals surface area (Å²) in [5.41, 5.74) is 4.52. The van der Waals surface area contributed by atoms with Crippen molar-refractivity contribution in [1.29, 1.82) is 0 Å². The molecule has 7 heteroatoms. The van der Waals surface area contributed by atoms with E-state index in [1.54, 1.807) is 0 Å². The van der Waals surface area contributed by atoms with E-state index in [1.807, 2.05) is 50.2 Å². The lowest BCUT2D eigenvalue weighted by molar-refractivity contribution is -0.116. The fourth-order valence-electron chi connectivity index (χ4n) is 3.68. The maximum absolute atomic E-state index is 12.9. The molecule has 0 spiro atoms. The normalized spacial score (nSPS) is 15.7. The number of amides is 1. The van der Waals surface area contributed by atoms with Crippen molar-refractivity contribution < 1.29 is 4.79 Å². The van der Waals surface area contributed by atoms with E-state index in [4.69, 9.17) is 11.6 Å². The van der Waals surface area contributed by atoms with Crippen LogP contribution in [-0.2, 0) is 10.5 Å². The molecule has 2 heterocycles. The molecule has 1 aliphatic rings. The fourth-order valence-corrected chi connectivity index (χ4v) is 4.70. The Bertz CT molecular complexity index is 1160. The number of aromatic amines is 1. The van der Waals surface area contributed by atoms with Gasteiger partial charge in [-0.15, -0.1) is 0 Å². The largest absolute Gasteiger partial charge is 0.310 e. The van der Waals surface area contributed by atoms with Gasteiger partial charge in [-0.05, 0) is 42.7 Å². The number of H-pyrrole nitrogens is 1. The molecule has 29 heavy (non-hydrogen) atoms. The molecule has 1 aliphatic heterocycles. The van der Waals surface area contributed by atoms with E-state index < -0.39 is 0 Å². The Morgan fingerprint density at radius 2 is 2.00 bits per heavy atom. The van der Waals surface area contributed by atoms with E-state index in [1.165, 1.54) is 11.8 Å². The maximum atomic E-state index is 12.9. The van der Waals surface area contributed by atoms with Gasteiger partial charge < -0.3 is 10.3 Å². The van der Waals surface area contributed by atoms with Gasteiger partial charge in [0.25, 0.3) is 5.56 Å². The number of benzene rings is 2. The second-order valence-electron chi connectivity index (χ2n) is 7.22. The lowest BCUT2D eigenvalue weighted by Crippen LogP contribution is -2.31. The predicted molar refractivity (Wildman–Crippen MR) is 117 cm³/mol. The van der Waals surface area contributed by atoms with E-state index in [-0.39, 0.29) is 23.8 Å². The number of nitrogens with zero attached hydrogens (tertiary/aromatic N) is 1. The highest BCUT2D eigenvalue weighted by Gasteiger charge is 2.31. The highest BCUT2D eigenvalue weighted by molar-refractivity contribution is 7.98. The summed E-state index contributed by atoms with van der Waals surface area (Å²) in [6.45, 7) is 4.03. The van der Waals surface area contributed by atoms with Crippen LogP contribution in [0.25, 0.3) is 0 Å². The first kappa shape index (κ1) is 19.7. The minimum Gasteiger partial charge on any atom is -0.310 e. The molecule has 0 radical (unpaired) electrons. The molecule has 3 aromatic rings. The van der Waals surface area contributed by atoms with Gasteiger partial charge in [0, 0.05) is 23.1 Å². The van der Waals surface area contributed by atoms with Crippen LogP contribution in [-0.4, -0.2) is 15.9 Å². The van der Waals surface area contributed by atoms with Crippen LogP contribution in [0.5, 0.6) is 0 Å². The van der Waals surface area contributed by atoms with Gasteiger partial charge in [-0.3, -0.25) is 9.59 Å². The molecule has 1 amide bonds. The van der Waals surface area contributed by atoms with Crippen molar-refractivity contribution in [1.82, 2.24) is 9.97 Å². The number of hydrogen-bond donors (Lipinski definition) is 2. The first-order valence-electron chi connectivity index (χ1n) is 9.29. The van der Waals surface area contributed by atoms with Crippen LogP contribution in [0.3, 0.4) is 0 Å². The van der Waals surface area contributed by atoms with Crippen LogP contribution in [0.1, 0.15) is 40.2 Å². The number of nitrogens with one attached hydrogen (secondary N) is 2. The first-order valence-corrected chi connectivity index (χ1v) is 10.7. The third-order valence-electron chi connectivity index (χ3n) is 4.99. The zero-order valence-electron chi connectivity index (χ0n) is 16.1. The van der Waals surface area contributed by atoms with Gasteiger partial charge in [0.15, 0.2) is 5.16 Å². The van der Waals surface area contributed by atoms with E-state index in [0.717, 1.165) is 22.3 Å². The summed E-state index contributed by atoms with van der Waals surface area (Å²) in [5, 5.41) is 3.91. The average Bonchev–Trinajstić information content (AvgIpc) is 2.65. The summed E-state index contributed by atoms with van der Waals surface area (Å²) in [5.74, 6) is 0.522. The summed E-state index contributed by atoms with van der Waals surface area (Å²) < 4.78 is 0. The lowest BCUT2D eigenvalue weighted by atomic mass is 9.84. The summed E-state index contributed by atoms with van der Waals surface area (Å²) in [6.07, 6.45) is 0.233. The molecule has 0 aliphatic carbocycles. The number of aryl methyl sites for hydroxylation is 2. The van der Waals surface area contributed by atoms with Gasteiger partial charge >= 0.3 is 0 Å². The summed E-state index contributed by atoms with van der Waals surface area (Å²) >= 11 is 7.43. The highest BCUT2D eigenvalue weighted by Crippen LogP contribution is 2.36. The Balaban J connectivity index is 1.67. The van der Waals surface area contributed by atoms with Crippen molar-refractivity contribution in [3.63, 3.8) is 0 Å². The van der Waals surface area contributed by atoms with E-state index in [0.29, 0.717) is 27.3 Å². The van der Waals surface area contributed by atoms with Gasteiger partial charge in [-0.1, -0.05) is 59.3 Å². The van der Waals surface area contributed by atoms with Gasteiger partial charge in [0.1, 0.15) is 5.82 Å². The van der Waals surface area contributed by atoms with Crippen LogP contribution < -0.4 is 10.9 Å². The highest BCUT2D eigenvalue weighted by atomic mass is 35.5. The minimum absolute atomic E-state index is 0.133. The molecule has 2 aromatic carbocycles. The number of halogens is 1. The van der Waals surface area contributed by atoms with Crippen LogP contribution in [0.15, 0.2) is 52.4 Å². The second-order valence-corrected chi connectivity index (χ2v) is 8.62. The molecule has 0 unspecified atom stereocenters. The molecule has 4 rings (SSSR count). The number of anilines is 1. The topological polar surface area (TPSA) is 74.8 Å². The van der Waals surface area contributed by atoms with Crippen LogP contribution >= 0.6 is 23.4 Å². The van der Waals surface area contributed by atoms with Crippen molar-refractivity contribution in [2.45, 2.75) is 37.1 Å². The lowest BCUT2D eigenvalue weighted by Gasteiger charge is -2.25. The number of aromatic nitrogens is 2. The zero-order chi connectivity index (χ0) is 20.5. The fraction of sp³-hybridized carbons (Fsp3) is 0.227. The second kappa shape index (κ2) is 8.05. The van der Waals surface area contributed by atoms with Gasteiger partial charge in [0.05, 0.1) is 5.56 Å². The molecule has 0 saturated heterocycles. The summed E-state index contributed by atoms with van der Waals surface area (Å²) in [7, 11) is 0. The van der Waals surface area contributed by atoms with Crippen LogP contribution in [0, 0.1) is 13.8 Å². The number of rotatable bonds is 4. The van der Waals surface area contributed by atoms with Gasteiger partial charge in [-0.25, -0.2) is 4.98 Å². The molecule has 0 bridgehead atoms. The van der Waals surface area contributed by atoms with E-state index in [9.17, 15) is 9.59 Å². The Morgan fingerprint density at radius 3 is 2.76 bits per heavy atom. The third kappa shape index (κ3) is 4.23. The zero-order valence-corrected chi connectivity index (χ0v) is 17.7. The minimum atomic E-state index is -0.303. The Labute approximate surface area is 177 Å². The molecule has 1 atom stereocenters. The maximum Gasteiger partial charge on any atom is 0.257 e. The standard InChI is InChI=1S/C22H20ClN3O2S/c1-12-6-7-16(13(2)8-12)17-10-18(27)24-20-19(17)21(28)26-22(25-20)29-11-14-4-3-5-15(23)9-14/h3-9,17H,10-11H2,1-2H3,(H2,24,25,26,27,28)/t17-/m1/s1. The summed E-state index contributed by atoms with van der Waals surface area (Å²) in [4.78, 5) is 32.7. The van der Waals surface area contributed by atoms with E-state index >= 15 is 0 Å². The van der Waals surface area contributed by atoms with Gasteiger partial charge in [-0.2, -0.15) is 0 Å². The molecule has 5 nitrogen and oxygen atoms in total. The van der Waals surface area contributed by atoms with Crippen molar-refractivity contribution in [2.75, 3.05) is 5.32 Å². The van der Waals surface area contributed by atoms with Crippen LogP contribution in [0.2, 0.25) is 5.02 Å². The molecular formula is C22H20ClN3O2S. The molecule has 0 saturated carbocycles. The van der Waals surface area contributed by atoms with Crippen molar-refractivity contribution >= 4 is 35.1 Å². The van der Waals surface area contributed by atoms with E-state index in [2.05, 4.69) is 21.4 Å². The number of carbonyl (C=O) groups is 1. The molecular weight excluding hydrogens is 406 g/mol. The molecule has 1 aromatic heterocycles. The van der Waals surface area contributed by atoms with Crippen molar-refractivity contribution in [3.05, 3.63) is 85.7 Å². The number of hydrogen-bond acceptors (Lipinski definition) is 4. The predicted octanol–water partition coefficient (Wildman–Crippen LogP) is 4.81. The van der Waals surface area contributed by atoms with Crippen molar-refractivity contribution in [3.8, 4) is 0 Å². The smallest absolute Gasteiger partial charge is 0.257 e. The molecule has 0 fully saturated rings. The third-order valence-corrected chi connectivity index (χ3v) is 6.17. The van der Waals surface area contributed by atoms with Gasteiger partial charge in [0.2, 0.25) is 5.91 Å². The summed E-state index contributed by atoms with van der Waals surface area (Å²) in [6, 6.07) is 13.6.